The zero-order chi connectivity index (χ0) is 19.1. The molecule has 1 fully saturated rings. The van der Waals surface area contributed by atoms with Crippen LogP contribution < -0.4 is 20.7 Å². The Labute approximate surface area is 161 Å². The van der Waals surface area contributed by atoms with Gasteiger partial charge in [-0.05, 0) is 68.1 Å². The molecule has 1 aliphatic rings. The number of carbonyl (C=O) groups is 1. The monoisotopic (exact) mass is 367 g/mol. The minimum absolute atomic E-state index is 0.153. The molecular weight excluding hydrogens is 338 g/mol. The van der Waals surface area contributed by atoms with Crippen LogP contribution in [0.15, 0.2) is 42.5 Å². The number of hydrogen-bond donors (Lipinski definition) is 2. The molecule has 1 amide bonds. The van der Waals surface area contributed by atoms with Crippen molar-refractivity contribution >= 4 is 23.0 Å². The van der Waals surface area contributed by atoms with E-state index < -0.39 is 0 Å². The van der Waals surface area contributed by atoms with Crippen LogP contribution in [0.4, 0.5) is 17.1 Å². The number of nitrogens with two attached hydrogens (primary N) is 1. The highest BCUT2D eigenvalue weighted by atomic mass is 16.5. The van der Waals surface area contributed by atoms with Crippen molar-refractivity contribution in [3.8, 4) is 5.75 Å². The Morgan fingerprint density at radius 2 is 1.85 bits per heavy atom. The normalized spacial score (nSPS) is 14.0. The fraction of sp³-hybridized carbons (Fsp3) is 0.409. The standard InChI is InChI=1S/C22H29N3O2/c1-2-3-15-27-19-10-7-17(8-11-19)22(26)24-18-9-12-21(20(23)16-18)25-13-5-4-6-14-25/h7-12,16H,2-6,13-15,23H2,1H3,(H,24,26). The average Bonchev–Trinajstić information content (AvgIpc) is 2.69. The lowest BCUT2D eigenvalue weighted by Crippen LogP contribution is -2.30. The van der Waals surface area contributed by atoms with E-state index in [9.17, 15) is 4.79 Å². The van der Waals surface area contributed by atoms with Crippen molar-refractivity contribution in [2.45, 2.75) is 39.0 Å². The maximum absolute atomic E-state index is 12.5. The van der Waals surface area contributed by atoms with Crippen molar-refractivity contribution in [1.29, 1.82) is 0 Å². The van der Waals surface area contributed by atoms with Crippen molar-refractivity contribution in [3.63, 3.8) is 0 Å². The second-order valence-electron chi connectivity index (χ2n) is 7.00. The molecule has 1 heterocycles. The van der Waals surface area contributed by atoms with Gasteiger partial charge in [-0.25, -0.2) is 0 Å². The van der Waals surface area contributed by atoms with E-state index >= 15 is 0 Å². The van der Waals surface area contributed by atoms with E-state index in [-0.39, 0.29) is 5.91 Å². The van der Waals surface area contributed by atoms with Gasteiger partial charge in [0.15, 0.2) is 0 Å². The molecule has 0 aromatic heterocycles. The number of nitrogens with zero attached hydrogens (tertiary/aromatic N) is 1. The second-order valence-corrected chi connectivity index (χ2v) is 7.00. The highest BCUT2D eigenvalue weighted by Gasteiger charge is 2.14. The summed E-state index contributed by atoms with van der Waals surface area (Å²) in [5.74, 6) is 0.635. The van der Waals surface area contributed by atoms with Gasteiger partial charge < -0.3 is 20.7 Å². The summed E-state index contributed by atoms with van der Waals surface area (Å²) in [4.78, 5) is 14.8. The number of anilines is 3. The molecule has 0 unspecified atom stereocenters. The Morgan fingerprint density at radius 3 is 2.52 bits per heavy atom. The van der Waals surface area contributed by atoms with E-state index in [2.05, 4.69) is 17.1 Å². The number of benzene rings is 2. The summed E-state index contributed by atoms with van der Waals surface area (Å²) in [7, 11) is 0. The predicted octanol–water partition coefficient (Wildman–Crippen LogP) is 4.69. The first kappa shape index (κ1) is 19.1. The fourth-order valence-electron chi connectivity index (χ4n) is 3.30. The average molecular weight is 367 g/mol. The Balaban J connectivity index is 1.61. The fourth-order valence-corrected chi connectivity index (χ4v) is 3.30. The van der Waals surface area contributed by atoms with Crippen molar-refractivity contribution in [2.75, 3.05) is 35.6 Å². The summed E-state index contributed by atoms with van der Waals surface area (Å²) in [5.41, 5.74) is 9.30. The molecule has 2 aromatic rings. The van der Waals surface area contributed by atoms with Crippen LogP contribution in [0.2, 0.25) is 0 Å². The van der Waals surface area contributed by atoms with E-state index in [0.717, 1.165) is 37.4 Å². The number of carbonyl (C=O) groups excluding carboxylic acids is 1. The number of hydrogen-bond acceptors (Lipinski definition) is 4. The van der Waals surface area contributed by atoms with Crippen molar-refractivity contribution in [1.82, 2.24) is 0 Å². The SMILES string of the molecule is CCCCOc1ccc(C(=O)Nc2ccc(N3CCCCC3)c(N)c2)cc1. The van der Waals surface area contributed by atoms with Crippen LogP contribution in [0.25, 0.3) is 0 Å². The summed E-state index contributed by atoms with van der Waals surface area (Å²) in [6.07, 6.45) is 5.82. The Bertz CT molecular complexity index is 753. The van der Waals surface area contributed by atoms with Crippen molar-refractivity contribution in [2.24, 2.45) is 0 Å². The highest BCUT2D eigenvalue weighted by Crippen LogP contribution is 2.29. The predicted molar refractivity (Wildman–Crippen MR) is 112 cm³/mol. The van der Waals surface area contributed by atoms with Crippen LogP contribution >= 0.6 is 0 Å². The van der Waals surface area contributed by atoms with Gasteiger partial charge in [0.25, 0.3) is 5.91 Å². The van der Waals surface area contributed by atoms with Crippen LogP contribution in [-0.4, -0.2) is 25.6 Å². The number of nitrogen functional groups attached to an aromatic ring is 1. The molecule has 27 heavy (non-hydrogen) atoms. The third-order valence-corrected chi connectivity index (χ3v) is 4.87. The summed E-state index contributed by atoms with van der Waals surface area (Å²) >= 11 is 0. The molecule has 5 nitrogen and oxygen atoms in total. The summed E-state index contributed by atoms with van der Waals surface area (Å²) in [6, 6.07) is 13.0. The lowest BCUT2D eigenvalue weighted by atomic mass is 10.1. The van der Waals surface area contributed by atoms with Gasteiger partial charge in [0.1, 0.15) is 5.75 Å². The third kappa shape index (κ3) is 5.16. The molecule has 0 saturated carbocycles. The minimum atomic E-state index is -0.153. The lowest BCUT2D eigenvalue weighted by molar-refractivity contribution is 0.102. The number of rotatable bonds is 7. The van der Waals surface area contributed by atoms with Crippen LogP contribution in [0, 0.1) is 0 Å². The molecule has 0 spiro atoms. The van der Waals surface area contributed by atoms with E-state index in [1.54, 1.807) is 12.1 Å². The molecule has 1 aliphatic heterocycles. The summed E-state index contributed by atoms with van der Waals surface area (Å²) < 4.78 is 5.63. The first-order valence-corrected chi connectivity index (χ1v) is 9.86. The van der Waals surface area contributed by atoms with Gasteiger partial charge in [0.2, 0.25) is 0 Å². The Morgan fingerprint density at radius 1 is 1.11 bits per heavy atom. The number of amides is 1. The topological polar surface area (TPSA) is 67.6 Å². The van der Waals surface area contributed by atoms with Gasteiger partial charge in [-0.15, -0.1) is 0 Å². The van der Waals surface area contributed by atoms with E-state index in [1.165, 1.54) is 19.3 Å². The number of nitrogens with one attached hydrogen (secondary N) is 1. The van der Waals surface area contributed by atoms with Crippen LogP contribution in [0.1, 0.15) is 49.4 Å². The largest absolute Gasteiger partial charge is 0.494 e. The zero-order valence-corrected chi connectivity index (χ0v) is 16.0. The van der Waals surface area contributed by atoms with E-state index in [4.69, 9.17) is 10.5 Å². The molecule has 5 heteroatoms. The van der Waals surface area contributed by atoms with Gasteiger partial charge in [0, 0.05) is 24.3 Å². The van der Waals surface area contributed by atoms with Crippen LogP contribution in [0.3, 0.4) is 0 Å². The Hall–Kier alpha value is -2.69. The first-order chi connectivity index (χ1) is 13.2. The molecule has 1 saturated heterocycles. The quantitative estimate of drug-likeness (QED) is 0.550. The highest BCUT2D eigenvalue weighted by molar-refractivity contribution is 6.04. The van der Waals surface area contributed by atoms with Gasteiger partial charge in [-0.2, -0.15) is 0 Å². The molecular formula is C22H29N3O2. The molecule has 0 atom stereocenters. The maximum atomic E-state index is 12.5. The second kappa shape index (κ2) is 9.31. The van der Waals surface area contributed by atoms with Crippen molar-refractivity contribution < 1.29 is 9.53 Å². The van der Waals surface area contributed by atoms with Crippen molar-refractivity contribution in [3.05, 3.63) is 48.0 Å². The van der Waals surface area contributed by atoms with Crippen LogP contribution in [-0.2, 0) is 0 Å². The third-order valence-electron chi connectivity index (χ3n) is 4.87. The van der Waals surface area contributed by atoms with Gasteiger partial charge >= 0.3 is 0 Å². The van der Waals surface area contributed by atoms with E-state index in [1.807, 2.05) is 30.3 Å². The smallest absolute Gasteiger partial charge is 0.255 e. The molecule has 3 rings (SSSR count). The Kier molecular flexibility index (Phi) is 6.58. The number of ether oxygens (including phenoxy) is 1. The van der Waals surface area contributed by atoms with Gasteiger partial charge in [0.05, 0.1) is 18.0 Å². The number of piperidine rings is 1. The van der Waals surface area contributed by atoms with Crippen LogP contribution in [0.5, 0.6) is 5.75 Å². The molecule has 144 valence electrons. The summed E-state index contributed by atoms with van der Waals surface area (Å²) in [6.45, 7) is 4.92. The van der Waals surface area contributed by atoms with Gasteiger partial charge in [-0.3, -0.25) is 4.79 Å². The minimum Gasteiger partial charge on any atom is -0.494 e. The molecule has 0 aliphatic carbocycles. The van der Waals surface area contributed by atoms with Gasteiger partial charge in [-0.1, -0.05) is 13.3 Å². The van der Waals surface area contributed by atoms with E-state index in [0.29, 0.717) is 23.5 Å². The molecule has 0 bridgehead atoms. The molecule has 0 radical (unpaired) electrons. The molecule has 2 aromatic carbocycles. The summed E-state index contributed by atoms with van der Waals surface area (Å²) in [5, 5.41) is 2.92. The lowest BCUT2D eigenvalue weighted by Gasteiger charge is -2.30. The first-order valence-electron chi connectivity index (χ1n) is 9.86. The maximum Gasteiger partial charge on any atom is 0.255 e. The molecule has 3 N–H and O–H groups in total. The number of unbranched alkanes of at least 4 members (excludes halogenated alkanes) is 1. The zero-order valence-electron chi connectivity index (χ0n) is 16.0.